The number of rotatable bonds is 4. The van der Waals surface area contributed by atoms with Crippen molar-refractivity contribution in [2.24, 2.45) is 5.92 Å². The van der Waals surface area contributed by atoms with Crippen LogP contribution in [0.4, 0.5) is 0 Å². The highest BCUT2D eigenvalue weighted by Crippen LogP contribution is 2.44. The van der Waals surface area contributed by atoms with Gasteiger partial charge in [0.2, 0.25) is 0 Å². The summed E-state index contributed by atoms with van der Waals surface area (Å²) in [7, 11) is 0. The van der Waals surface area contributed by atoms with E-state index in [1.807, 2.05) is 19.1 Å². The Hall–Kier alpha value is -5.57. The highest BCUT2D eigenvalue weighted by atomic mass is 15.1. The summed E-state index contributed by atoms with van der Waals surface area (Å²) in [5.41, 5.74) is 11.3. The third-order valence-corrected chi connectivity index (χ3v) is 8.91. The molecule has 4 aromatic rings. The molecule has 3 atom stereocenters. The molecule has 0 bridgehead atoms. The summed E-state index contributed by atoms with van der Waals surface area (Å²) >= 11 is 0. The van der Waals surface area contributed by atoms with Gasteiger partial charge in [-0.2, -0.15) is 0 Å². The molecule has 216 valence electrons. The minimum atomic E-state index is -0.0575. The van der Waals surface area contributed by atoms with Crippen molar-refractivity contribution in [2.75, 3.05) is 0 Å². The summed E-state index contributed by atoms with van der Waals surface area (Å²) in [4.78, 5) is 5.21. The molecule has 0 saturated heterocycles. The fourth-order valence-electron chi connectivity index (χ4n) is 6.69. The van der Waals surface area contributed by atoms with Crippen molar-refractivity contribution < 1.29 is 0 Å². The molecular weight excluding hydrogens is 544 g/mol. The van der Waals surface area contributed by atoms with Crippen LogP contribution >= 0.6 is 0 Å². The first-order valence-electron chi connectivity index (χ1n) is 15.6. The summed E-state index contributed by atoms with van der Waals surface area (Å²) < 4.78 is 2.36. The molecule has 0 saturated carbocycles. The van der Waals surface area contributed by atoms with E-state index >= 15 is 0 Å². The number of allylic oxidation sites excluding steroid dienone is 10. The van der Waals surface area contributed by atoms with E-state index in [-0.39, 0.29) is 17.8 Å². The van der Waals surface area contributed by atoms with Gasteiger partial charge in [-0.3, -0.25) is 0 Å². The third-order valence-electron chi connectivity index (χ3n) is 8.91. The topological polar surface area (TPSA) is 17.8 Å². The maximum Gasteiger partial charge on any atom is 0.118 e. The van der Waals surface area contributed by atoms with Crippen LogP contribution in [0, 0.1) is 29.6 Å². The van der Waals surface area contributed by atoms with E-state index in [0.29, 0.717) is 0 Å². The van der Waals surface area contributed by atoms with E-state index in [1.165, 1.54) is 22.3 Å². The van der Waals surface area contributed by atoms with Gasteiger partial charge in [0, 0.05) is 24.5 Å². The number of nitrogens with zero attached hydrogens (tertiary/aromatic N) is 2. The first-order valence-corrected chi connectivity index (χ1v) is 15.6. The maximum absolute atomic E-state index is 5.21. The Kier molecular flexibility index (Phi) is 7.65. The quantitative estimate of drug-likeness (QED) is 0.220. The predicted molar refractivity (Wildman–Crippen MR) is 189 cm³/mol. The second-order valence-corrected chi connectivity index (χ2v) is 11.6. The molecule has 3 unspecified atom stereocenters. The molecular formula is C43H34N2. The average Bonchev–Trinajstić information content (AvgIpc) is 3.45. The van der Waals surface area contributed by atoms with E-state index in [2.05, 4.69) is 151 Å². The highest BCUT2D eigenvalue weighted by Gasteiger charge is 2.35. The molecule has 0 spiro atoms. The van der Waals surface area contributed by atoms with E-state index in [0.717, 1.165) is 52.1 Å². The standard InChI is InChI=1S/C43H34N2/c1-4-13-37-31(5-2)16-12-18-38(37)35-25-23-33(24-26-35)32-14-10-11-29-45-41-20-9-8-19-40(41)44-43(45)42-36(30(3)21-22-32)28-27-34-15-6-7-17-39(34)42/h4-5,7-9,12-13,16-28,32,39,42H,2-3,11,29H2,1H3/b13-4-,22-21-. The number of aromatic nitrogens is 2. The van der Waals surface area contributed by atoms with Crippen LogP contribution < -0.4 is 0 Å². The van der Waals surface area contributed by atoms with Gasteiger partial charge in [0.05, 0.1) is 22.9 Å². The van der Waals surface area contributed by atoms with Gasteiger partial charge in [-0.15, -0.1) is 5.92 Å². The van der Waals surface area contributed by atoms with Gasteiger partial charge in [-0.25, -0.2) is 4.98 Å². The molecule has 2 nitrogen and oxygen atoms in total. The monoisotopic (exact) mass is 578 g/mol. The zero-order valence-electron chi connectivity index (χ0n) is 25.5. The fraction of sp³-hybridized carbons (Fsp3) is 0.140. The van der Waals surface area contributed by atoms with Crippen LogP contribution in [0.5, 0.6) is 0 Å². The van der Waals surface area contributed by atoms with Crippen LogP contribution in [0.2, 0.25) is 0 Å². The summed E-state index contributed by atoms with van der Waals surface area (Å²) in [6.07, 6.45) is 19.8. The van der Waals surface area contributed by atoms with Crippen LogP contribution in [-0.2, 0) is 6.54 Å². The Morgan fingerprint density at radius 3 is 2.69 bits per heavy atom. The Balaban J connectivity index is 1.29. The molecule has 2 heterocycles. The number of para-hydroxylation sites is 2. The van der Waals surface area contributed by atoms with E-state index in [9.17, 15) is 0 Å². The number of benzene rings is 3. The van der Waals surface area contributed by atoms with Crippen LogP contribution in [-0.4, -0.2) is 9.55 Å². The fourth-order valence-corrected chi connectivity index (χ4v) is 6.69. The second kappa shape index (κ2) is 12.2. The van der Waals surface area contributed by atoms with Crippen molar-refractivity contribution >= 4 is 23.2 Å². The van der Waals surface area contributed by atoms with Crippen molar-refractivity contribution in [2.45, 2.75) is 31.7 Å². The average molecular weight is 579 g/mol. The second-order valence-electron chi connectivity index (χ2n) is 11.6. The highest BCUT2D eigenvalue weighted by molar-refractivity contribution is 5.81. The van der Waals surface area contributed by atoms with Gasteiger partial charge >= 0.3 is 0 Å². The number of fused-ring (bicyclic) bond motifs is 7. The first-order chi connectivity index (χ1) is 22.2. The molecule has 45 heavy (non-hydrogen) atoms. The maximum atomic E-state index is 5.21. The van der Waals surface area contributed by atoms with Gasteiger partial charge in [0.15, 0.2) is 0 Å². The Labute approximate surface area is 266 Å². The van der Waals surface area contributed by atoms with Gasteiger partial charge in [0.1, 0.15) is 5.82 Å². The predicted octanol–water partition coefficient (Wildman–Crippen LogP) is 9.82. The van der Waals surface area contributed by atoms with Gasteiger partial charge < -0.3 is 4.57 Å². The van der Waals surface area contributed by atoms with Crippen molar-refractivity contribution in [3.63, 3.8) is 0 Å². The zero-order chi connectivity index (χ0) is 30.8. The SMILES string of the molecule is C=Cc1cccc(-c2ccc(C3C#CCCn4c(nc5ccccc54)C4C(=CC=C5C#CC=CC54)C(=C)/C=C\3)cc2)c1/C=C\C. The van der Waals surface area contributed by atoms with E-state index < -0.39 is 0 Å². The van der Waals surface area contributed by atoms with Crippen molar-refractivity contribution in [3.8, 4) is 34.8 Å². The Bertz CT molecular complexity index is 2120. The van der Waals surface area contributed by atoms with E-state index in [4.69, 9.17) is 4.98 Å². The smallest absolute Gasteiger partial charge is 0.118 e. The lowest BCUT2D eigenvalue weighted by Crippen LogP contribution is -2.23. The molecule has 0 fully saturated rings. The molecule has 3 aromatic carbocycles. The largest absolute Gasteiger partial charge is 0.326 e. The van der Waals surface area contributed by atoms with Gasteiger partial charge in [0.25, 0.3) is 0 Å². The molecule has 2 aliphatic carbocycles. The van der Waals surface area contributed by atoms with Crippen LogP contribution in [0.25, 0.3) is 34.3 Å². The van der Waals surface area contributed by atoms with Crippen LogP contribution in [0.15, 0.2) is 139 Å². The third kappa shape index (κ3) is 5.26. The molecule has 3 aliphatic rings. The van der Waals surface area contributed by atoms with Crippen LogP contribution in [0.1, 0.15) is 47.7 Å². The number of hydrogen-bond donors (Lipinski definition) is 0. The molecule has 1 aliphatic heterocycles. The minimum Gasteiger partial charge on any atom is -0.326 e. The molecule has 0 N–H and O–H groups in total. The van der Waals surface area contributed by atoms with Gasteiger partial charge in [-0.1, -0.05) is 128 Å². The number of aryl methyl sites for hydroxylation is 1. The minimum absolute atomic E-state index is 0.0169. The Morgan fingerprint density at radius 2 is 1.84 bits per heavy atom. The number of hydrogen-bond acceptors (Lipinski definition) is 1. The first kappa shape index (κ1) is 28.2. The zero-order valence-corrected chi connectivity index (χ0v) is 25.5. The van der Waals surface area contributed by atoms with Crippen LogP contribution in [0.3, 0.4) is 0 Å². The summed E-state index contributed by atoms with van der Waals surface area (Å²) in [5.74, 6) is 14.7. The van der Waals surface area contributed by atoms with Gasteiger partial charge in [-0.05, 0) is 70.2 Å². The summed E-state index contributed by atoms with van der Waals surface area (Å²) in [5, 5.41) is 0. The molecule has 2 heteroatoms. The lowest BCUT2D eigenvalue weighted by atomic mass is 9.73. The van der Waals surface area contributed by atoms with Crippen molar-refractivity contribution in [1.29, 1.82) is 0 Å². The molecule has 0 radical (unpaired) electrons. The molecule has 1 aromatic heterocycles. The summed E-state index contributed by atoms with van der Waals surface area (Å²) in [6, 6.07) is 23.6. The molecule has 0 amide bonds. The summed E-state index contributed by atoms with van der Waals surface area (Å²) in [6.45, 7) is 11.4. The van der Waals surface area contributed by atoms with E-state index in [1.54, 1.807) is 0 Å². The normalized spacial score (nSPS) is 21.0. The van der Waals surface area contributed by atoms with Crippen molar-refractivity contribution in [3.05, 3.63) is 162 Å². The molecule has 7 rings (SSSR count). The van der Waals surface area contributed by atoms with Crippen molar-refractivity contribution in [1.82, 2.24) is 9.55 Å². The number of imidazole rings is 1. The lowest BCUT2D eigenvalue weighted by molar-refractivity contribution is 0.568. The Morgan fingerprint density at radius 1 is 0.978 bits per heavy atom. The lowest BCUT2D eigenvalue weighted by Gasteiger charge is -2.31.